The zero-order valence-corrected chi connectivity index (χ0v) is 15.3. The molecule has 0 aliphatic carbocycles. The molecule has 1 aromatic carbocycles. The first-order valence-electron chi connectivity index (χ1n) is 8.57. The highest BCUT2D eigenvalue weighted by Crippen LogP contribution is 2.26. The van der Waals surface area contributed by atoms with Crippen molar-refractivity contribution in [2.75, 3.05) is 5.32 Å². The van der Waals surface area contributed by atoms with Gasteiger partial charge < -0.3 is 9.88 Å². The number of nitrogens with one attached hydrogen (secondary N) is 1. The molecule has 7 nitrogen and oxygen atoms in total. The van der Waals surface area contributed by atoms with Crippen molar-refractivity contribution in [3.05, 3.63) is 59.8 Å². The van der Waals surface area contributed by atoms with Gasteiger partial charge in [-0.15, -0.1) is 10.2 Å². The van der Waals surface area contributed by atoms with Crippen LogP contribution >= 0.6 is 0 Å². The fraction of sp³-hybridized carbons (Fsp3) is 0.263. The molecule has 0 spiro atoms. The van der Waals surface area contributed by atoms with E-state index in [2.05, 4.69) is 46.6 Å². The standard InChI is InChI=1S/C19H21N7/c1-12-13(2)24-26-17(21-14(3)19-23-20-11-25(19)4)10-16(22-18(12)26)15-8-6-5-7-9-15/h5-11,14,21H,1-4H3/t14-/m1/s1. The van der Waals surface area contributed by atoms with Crippen molar-refractivity contribution < 1.29 is 0 Å². The molecular weight excluding hydrogens is 326 g/mol. The summed E-state index contributed by atoms with van der Waals surface area (Å²) < 4.78 is 3.78. The second kappa shape index (κ2) is 6.25. The fourth-order valence-corrected chi connectivity index (χ4v) is 3.06. The van der Waals surface area contributed by atoms with Crippen molar-refractivity contribution in [3.63, 3.8) is 0 Å². The van der Waals surface area contributed by atoms with Gasteiger partial charge in [0.1, 0.15) is 12.1 Å². The van der Waals surface area contributed by atoms with Gasteiger partial charge in [-0.3, -0.25) is 0 Å². The molecule has 0 fully saturated rings. The summed E-state index contributed by atoms with van der Waals surface area (Å²) in [7, 11) is 1.94. The summed E-state index contributed by atoms with van der Waals surface area (Å²) in [5.41, 5.74) is 4.89. The first kappa shape index (κ1) is 16.3. The zero-order chi connectivity index (χ0) is 18.3. The molecule has 3 heterocycles. The topological polar surface area (TPSA) is 72.9 Å². The molecule has 1 N–H and O–H groups in total. The molecule has 0 aliphatic heterocycles. The summed E-state index contributed by atoms with van der Waals surface area (Å²) in [5.74, 6) is 1.73. The second-order valence-electron chi connectivity index (χ2n) is 6.50. The summed E-state index contributed by atoms with van der Waals surface area (Å²) in [6.45, 7) is 6.11. The van der Waals surface area contributed by atoms with E-state index in [1.54, 1.807) is 6.33 Å². The van der Waals surface area contributed by atoms with E-state index in [1.807, 2.05) is 47.3 Å². The van der Waals surface area contributed by atoms with Crippen LogP contribution in [0.4, 0.5) is 5.82 Å². The average Bonchev–Trinajstić information content (AvgIpc) is 3.20. The zero-order valence-electron chi connectivity index (χ0n) is 15.3. The molecule has 7 heteroatoms. The van der Waals surface area contributed by atoms with E-state index >= 15 is 0 Å². The molecule has 4 aromatic rings. The first-order valence-corrected chi connectivity index (χ1v) is 8.57. The highest BCUT2D eigenvalue weighted by molar-refractivity contribution is 5.68. The van der Waals surface area contributed by atoms with Crippen LogP contribution in [0.5, 0.6) is 0 Å². The molecular formula is C19H21N7. The maximum Gasteiger partial charge on any atom is 0.161 e. The van der Waals surface area contributed by atoms with Crippen LogP contribution in [-0.4, -0.2) is 29.4 Å². The number of aryl methyl sites for hydroxylation is 3. The Morgan fingerprint density at radius 1 is 1.12 bits per heavy atom. The smallest absolute Gasteiger partial charge is 0.161 e. The lowest BCUT2D eigenvalue weighted by Crippen LogP contribution is -2.15. The van der Waals surface area contributed by atoms with Gasteiger partial charge in [-0.25, -0.2) is 4.98 Å². The molecule has 0 radical (unpaired) electrons. The molecule has 0 saturated heterocycles. The maximum atomic E-state index is 4.84. The lowest BCUT2D eigenvalue weighted by molar-refractivity contribution is 0.710. The Balaban J connectivity index is 1.84. The van der Waals surface area contributed by atoms with Crippen molar-refractivity contribution in [2.24, 2.45) is 7.05 Å². The van der Waals surface area contributed by atoms with Gasteiger partial charge in [0.2, 0.25) is 0 Å². The Hall–Kier alpha value is -3.22. The molecule has 26 heavy (non-hydrogen) atoms. The third-order valence-electron chi connectivity index (χ3n) is 4.62. The number of aromatic nitrogens is 6. The van der Waals surface area contributed by atoms with Gasteiger partial charge in [-0.2, -0.15) is 9.61 Å². The minimum Gasteiger partial charge on any atom is -0.360 e. The normalized spacial score (nSPS) is 12.5. The van der Waals surface area contributed by atoms with E-state index in [0.29, 0.717) is 0 Å². The maximum absolute atomic E-state index is 4.84. The lowest BCUT2D eigenvalue weighted by atomic mass is 10.1. The van der Waals surface area contributed by atoms with Crippen molar-refractivity contribution >= 4 is 11.5 Å². The molecule has 0 saturated carbocycles. The van der Waals surface area contributed by atoms with E-state index in [4.69, 9.17) is 4.98 Å². The van der Waals surface area contributed by atoms with Crippen LogP contribution in [0.15, 0.2) is 42.7 Å². The summed E-state index contributed by atoms with van der Waals surface area (Å²) in [6, 6.07) is 12.2. The average molecular weight is 347 g/mol. The monoisotopic (exact) mass is 347 g/mol. The number of hydrogen-bond acceptors (Lipinski definition) is 5. The van der Waals surface area contributed by atoms with Crippen LogP contribution in [0.2, 0.25) is 0 Å². The van der Waals surface area contributed by atoms with Crippen LogP contribution in [0.3, 0.4) is 0 Å². The highest BCUT2D eigenvalue weighted by atomic mass is 15.3. The molecule has 0 unspecified atom stereocenters. The number of nitrogens with zero attached hydrogens (tertiary/aromatic N) is 6. The van der Waals surface area contributed by atoms with Crippen molar-refractivity contribution in [1.29, 1.82) is 0 Å². The predicted octanol–water partition coefficient (Wildman–Crippen LogP) is 3.31. The molecule has 1 atom stereocenters. The Morgan fingerprint density at radius 2 is 1.88 bits per heavy atom. The summed E-state index contributed by atoms with van der Waals surface area (Å²) >= 11 is 0. The Morgan fingerprint density at radius 3 is 2.58 bits per heavy atom. The van der Waals surface area contributed by atoms with E-state index in [0.717, 1.165) is 39.8 Å². The van der Waals surface area contributed by atoms with Crippen LogP contribution in [0.25, 0.3) is 16.9 Å². The van der Waals surface area contributed by atoms with Crippen molar-refractivity contribution in [2.45, 2.75) is 26.8 Å². The van der Waals surface area contributed by atoms with Gasteiger partial charge in [0.15, 0.2) is 11.5 Å². The summed E-state index contributed by atoms with van der Waals surface area (Å²) in [5, 5.41) is 16.3. The van der Waals surface area contributed by atoms with Gasteiger partial charge in [0.25, 0.3) is 0 Å². The van der Waals surface area contributed by atoms with Crippen molar-refractivity contribution in [1.82, 2.24) is 29.4 Å². The quantitative estimate of drug-likeness (QED) is 0.613. The van der Waals surface area contributed by atoms with Gasteiger partial charge in [-0.1, -0.05) is 30.3 Å². The summed E-state index contributed by atoms with van der Waals surface area (Å²) in [6.07, 6.45) is 1.70. The van der Waals surface area contributed by atoms with E-state index in [-0.39, 0.29) is 6.04 Å². The molecule has 0 aliphatic rings. The Kier molecular flexibility index (Phi) is 3.91. The van der Waals surface area contributed by atoms with Gasteiger partial charge in [0, 0.05) is 24.2 Å². The Labute approximate surface area is 151 Å². The number of anilines is 1. The van der Waals surface area contributed by atoms with Crippen LogP contribution in [0.1, 0.15) is 30.0 Å². The minimum atomic E-state index is -0.0264. The number of fused-ring (bicyclic) bond motifs is 1. The number of benzene rings is 1. The van der Waals surface area contributed by atoms with E-state index < -0.39 is 0 Å². The molecule has 0 amide bonds. The lowest BCUT2D eigenvalue weighted by Gasteiger charge is -2.16. The third kappa shape index (κ3) is 2.71. The van der Waals surface area contributed by atoms with Gasteiger partial charge in [0.05, 0.1) is 17.4 Å². The largest absolute Gasteiger partial charge is 0.360 e. The van der Waals surface area contributed by atoms with Crippen LogP contribution in [-0.2, 0) is 7.05 Å². The molecule has 0 bridgehead atoms. The fourth-order valence-electron chi connectivity index (χ4n) is 3.06. The van der Waals surface area contributed by atoms with Crippen molar-refractivity contribution in [3.8, 4) is 11.3 Å². The Bertz CT molecular complexity index is 1060. The van der Waals surface area contributed by atoms with E-state index in [9.17, 15) is 0 Å². The minimum absolute atomic E-state index is 0.0264. The summed E-state index contributed by atoms with van der Waals surface area (Å²) in [4.78, 5) is 4.84. The highest BCUT2D eigenvalue weighted by Gasteiger charge is 2.17. The van der Waals surface area contributed by atoms with Crippen LogP contribution < -0.4 is 5.32 Å². The second-order valence-corrected chi connectivity index (χ2v) is 6.50. The first-order chi connectivity index (χ1) is 12.5. The molecule has 4 rings (SSSR count). The molecule has 3 aromatic heterocycles. The molecule has 132 valence electrons. The third-order valence-corrected chi connectivity index (χ3v) is 4.62. The van der Waals surface area contributed by atoms with Gasteiger partial charge >= 0.3 is 0 Å². The van der Waals surface area contributed by atoms with E-state index in [1.165, 1.54) is 0 Å². The number of rotatable bonds is 4. The van der Waals surface area contributed by atoms with Crippen LogP contribution in [0, 0.1) is 13.8 Å². The number of hydrogen-bond donors (Lipinski definition) is 1. The predicted molar refractivity (Wildman–Crippen MR) is 101 cm³/mol. The SMILES string of the molecule is Cc1nn2c(N[C@H](C)c3nncn3C)cc(-c3ccccc3)nc2c1C. The van der Waals surface area contributed by atoms with Gasteiger partial charge in [-0.05, 0) is 20.8 Å².